The topological polar surface area (TPSA) is 75.1 Å². The van der Waals surface area contributed by atoms with Gasteiger partial charge in [-0.05, 0) is 23.2 Å². The van der Waals surface area contributed by atoms with Gasteiger partial charge in [0.25, 0.3) is 0 Å². The molecule has 2 aromatic rings. The average molecular weight is 278 g/mol. The van der Waals surface area contributed by atoms with Gasteiger partial charge in [-0.2, -0.15) is 0 Å². The van der Waals surface area contributed by atoms with E-state index in [1.54, 1.807) is 6.07 Å². The summed E-state index contributed by atoms with van der Waals surface area (Å²) in [6, 6.07) is 10.2. The molecular weight excluding hydrogens is 266 g/mol. The van der Waals surface area contributed by atoms with Crippen LogP contribution in [0.15, 0.2) is 42.6 Å². The summed E-state index contributed by atoms with van der Waals surface area (Å²) in [4.78, 5) is 18.9. The maximum atomic E-state index is 11.3. The lowest BCUT2D eigenvalue weighted by Crippen LogP contribution is -2.31. The van der Waals surface area contributed by atoms with Crippen LogP contribution in [0, 0.1) is 0 Å². The van der Waals surface area contributed by atoms with E-state index in [4.69, 9.17) is 11.6 Å². The smallest absolute Gasteiger partial charge is 0.326 e. The van der Waals surface area contributed by atoms with E-state index in [1.807, 2.05) is 30.3 Å². The first-order valence-electron chi connectivity index (χ1n) is 5.67. The van der Waals surface area contributed by atoms with Crippen molar-refractivity contribution in [3.63, 3.8) is 0 Å². The lowest BCUT2D eigenvalue weighted by Gasteiger charge is -2.15. The van der Waals surface area contributed by atoms with E-state index in [0.29, 0.717) is 12.2 Å². The fraction of sp³-hybridized carbons (Fsp3) is 0.154. The second kappa shape index (κ2) is 6.15. The fourth-order valence-corrected chi connectivity index (χ4v) is 1.79. The van der Waals surface area contributed by atoms with E-state index in [0.717, 1.165) is 5.56 Å². The molecule has 0 saturated heterocycles. The summed E-state index contributed by atoms with van der Waals surface area (Å²) < 4.78 is 0. The predicted octanol–water partition coefficient (Wildman–Crippen LogP) is 2.24. The Morgan fingerprint density at radius 3 is 2.68 bits per heavy atom. The first-order valence-corrected chi connectivity index (χ1v) is 6.05. The summed E-state index contributed by atoms with van der Waals surface area (Å²) in [6.45, 7) is 0. The number of nitrogens with one attached hydrogen (secondary N) is 1. The van der Waals surface area contributed by atoms with Crippen LogP contribution in [0.25, 0.3) is 0 Å². The van der Waals surface area contributed by atoms with Crippen molar-refractivity contribution < 1.29 is 9.90 Å². The van der Waals surface area contributed by atoms with Crippen LogP contribution in [0.4, 0.5) is 5.82 Å². The van der Waals surface area contributed by atoms with Crippen LogP contribution in [-0.4, -0.2) is 27.1 Å². The third-order valence-corrected chi connectivity index (χ3v) is 2.71. The Morgan fingerprint density at radius 2 is 2.05 bits per heavy atom. The number of carboxylic acids is 1. The van der Waals surface area contributed by atoms with E-state index < -0.39 is 12.0 Å². The molecule has 0 aliphatic heterocycles. The van der Waals surface area contributed by atoms with Crippen LogP contribution in [0.3, 0.4) is 0 Å². The molecule has 0 radical (unpaired) electrons. The molecule has 6 heteroatoms. The molecule has 1 aromatic carbocycles. The highest BCUT2D eigenvalue weighted by Gasteiger charge is 2.18. The van der Waals surface area contributed by atoms with Gasteiger partial charge in [0.15, 0.2) is 0 Å². The van der Waals surface area contributed by atoms with E-state index >= 15 is 0 Å². The van der Waals surface area contributed by atoms with Crippen molar-refractivity contribution in [3.8, 4) is 0 Å². The van der Waals surface area contributed by atoms with Crippen molar-refractivity contribution in [1.82, 2.24) is 9.97 Å². The van der Waals surface area contributed by atoms with Gasteiger partial charge >= 0.3 is 5.97 Å². The Kier molecular flexibility index (Phi) is 4.30. The summed E-state index contributed by atoms with van der Waals surface area (Å²) in [6.07, 6.45) is 1.83. The van der Waals surface area contributed by atoms with Crippen LogP contribution < -0.4 is 5.32 Å². The van der Waals surface area contributed by atoms with Crippen LogP contribution in [0.5, 0.6) is 0 Å². The van der Waals surface area contributed by atoms with E-state index in [-0.39, 0.29) is 5.28 Å². The van der Waals surface area contributed by atoms with Crippen molar-refractivity contribution in [2.75, 3.05) is 5.32 Å². The van der Waals surface area contributed by atoms with Gasteiger partial charge in [0.05, 0.1) is 0 Å². The Bertz CT molecular complexity index is 563. The standard InChI is InChI=1S/C13H12ClN3O2/c14-13-15-7-6-11(17-13)16-10(12(18)19)8-9-4-2-1-3-5-9/h1-7,10H,8H2,(H,18,19)(H,15,16,17)/t10-/m0/s1. The number of aliphatic carboxylic acids is 1. The van der Waals surface area contributed by atoms with Crippen LogP contribution >= 0.6 is 11.6 Å². The SMILES string of the molecule is O=C(O)[C@H](Cc1ccccc1)Nc1ccnc(Cl)n1. The molecule has 0 spiro atoms. The molecule has 0 aliphatic rings. The number of aromatic nitrogens is 2. The van der Waals surface area contributed by atoms with Gasteiger partial charge in [0, 0.05) is 12.6 Å². The number of rotatable bonds is 5. The zero-order valence-corrected chi connectivity index (χ0v) is 10.7. The van der Waals surface area contributed by atoms with Gasteiger partial charge in [0.2, 0.25) is 5.28 Å². The minimum absolute atomic E-state index is 0.0776. The van der Waals surface area contributed by atoms with Gasteiger partial charge in [-0.15, -0.1) is 0 Å². The number of carboxylic acid groups (broad SMARTS) is 1. The van der Waals surface area contributed by atoms with Gasteiger partial charge in [-0.3, -0.25) is 0 Å². The van der Waals surface area contributed by atoms with Crippen molar-refractivity contribution in [3.05, 3.63) is 53.4 Å². The number of carbonyl (C=O) groups is 1. The highest BCUT2D eigenvalue weighted by Crippen LogP contribution is 2.11. The van der Waals surface area contributed by atoms with Crippen LogP contribution in [-0.2, 0) is 11.2 Å². The maximum Gasteiger partial charge on any atom is 0.326 e. The molecule has 1 heterocycles. The van der Waals surface area contributed by atoms with Crippen molar-refractivity contribution in [1.29, 1.82) is 0 Å². The quantitative estimate of drug-likeness (QED) is 0.820. The monoisotopic (exact) mass is 277 g/mol. The second-order valence-corrected chi connectivity index (χ2v) is 4.27. The Morgan fingerprint density at radius 1 is 1.32 bits per heavy atom. The molecule has 0 saturated carbocycles. The van der Waals surface area contributed by atoms with Gasteiger partial charge in [-0.1, -0.05) is 30.3 Å². The molecule has 2 rings (SSSR count). The molecule has 0 amide bonds. The molecular formula is C13H12ClN3O2. The number of hydrogen-bond donors (Lipinski definition) is 2. The fourth-order valence-electron chi connectivity index (χ4n) is 1.64. The van der Waals surface area contributed by atoms with Crippen molar-refractivity contribution >= 4 is 23.4 Å². The second-order valence-electron chi connectivity index (χ2n) is 3.94. The lowest BCUT2D eigenvalue weighted by atomic mass is 10.1. The number of halogens is 1. The summed E-state index contributed by atoms with van der Waals surface area (Å²) in [5, 5.41) is 12.1. The largest absolute Gasteiger partial charge is 0.480 e. The van der Waals surface area contributed by atoms with Crippen molar-refractivity contribution in [2.24, 2.45) is 0 Å². The molecule has 0 unspecified atom stereocenters. The van der Waals surface area contributed by atoms with E-state index in [9.17, 15) is 9.90 Å². The normalized spacial score (nSPS) is 11.8. The predicted molar refractivity (Wildman–Crippen MR) is 72.2 cm³/mol. The number of anilines is 1. The minimum Gasteiger partial charge on any atom is -0.480 e. The summed E-state index contributed by atoms with van der Waals surface area (Å²) in [7, 11) is 0. The molecule has 0 aliphatic carbocycles. The molecule has 0 bridgehead atoms. The highest BCUT2D eigenvalue weighted by molar-refractivity contribution is 6.28. The van der Waals surface area contributed by atoms with Gasteiger partial charge in [0.1, 0.15) is 11.9 Å². The molecule has 19 heavy (non-hydrogen) atoms. The van der Waals surface area contributed by atoms with Crippen LogP contribution in [0.2, 0.25) is 5.28 Å². The first-order chi connectivity index (χ1) is 9.15. The molecule has 98 valence electrons. The number of hydrogen-bond acceptors (Lipinski definition) is 4. The summed E-state index contributed by atoms with van der Waals surface area (Å²) in [5.74, 6) is -0.554. The zero-order valence-electron chi connectivity index (χ0n) is 9.95. The number of nitrogens with zero attached hydrogens (tertiary/aromatic N) is 2. The summed E-state index contributed by atoms with van der Waals surface area (Å²) >= 11 is 5.66. The minimum atomic E-state index is -0.946. The molecule has 5 nitrogen and oxygen atoms in total. The Balaban J connectivity index is 2.11. The van der Waals surface area contributed by atoms with Crippen molar-refractivity contribution in [2.45, 2.75) is 12.5 Å². The molecule has 2 N–H and O–H groups in total. The van der Waals surface area contributed by atoms with Gasteiger partial charge < -0.3 is 10.4 Å². The van der Waals surface area contributed by atoms with E-state index in [2.05, 4.69) is 15.3 Å². The zero-order chi connectivity index (χ0) is 13.7. The third-order valence-electron chi connectivity index (χ3n) is 2.53. The lowest BCUT2D eigenvalue weighted by molar-refractivity contribution is -0.137. The average Bonchev–Trinajstić information content (AvgIpc) is 2.39. The maximum absolute atomic E-state index is 11.3. The third kappa shape index (κ3) is 3.93. The highest BCUT2D eigenvalue weighted by atomic mass is 35.5. The first kappa shape index (κ1) is 13.3. The van der Waals surface area contributed by atoms with Crippen LogP contribution in [0.1, 0.15) is 5.56 Å². The van der Waals surface area contributed by atoms with Gasteiger partial charge in [-0.25, -0.2) is 14.8 Å². The summed E-state index contributed by atoms with van der Waals surface area (Å²) in [5.41, 5.74) is 0.933. The Hall–Kier alpha value is -2.14. The molecule has 1 atom stereocenters. The molecule has 1 aromatic heterocycles. The molecule has 0 fully saturated rings. The number of benzene rings is 1. The Labute approximate surface area is 115 Å². The van der Waals surface area contributed by atoms with E-state index in [1.165, 1.54) is 6.20 Å².